The number of nitrogens with one attached hydrogen (secondary N) is 3. The zero-order chi connectivity index (χ0) is 29.1. The molecule has 12 heteroatoms. The lowest BCUT2D eigenvalue weighted by Gasteiger charge is -2.33. The summed E-state index contributed by atoms with van der Waals surface area (Å²) in [4.78, 5) is 29.6. The van der Waals surface area contributed by atoms with Crippen molar-refractivity contribution in [3.8, 4) is 11.5 Å². The van der Waals surface area contributed by atoms with E-state index in [-0.39, 0.29) is 12.1 Å². The molecule has 2 amide bonds. The number of ether oxygens (including phenoxy) is 2. The number of urea groups is 1. The maximum atomic E-state index is 13.1. The molecule has 0 bridgehead atoms. The van der Waals surface area contributed by atoms with Gasteiger partial charge in [-0.2, -0.15) is 9.97 Å². The molecule has 1 saturated heterocycles. The molecule has 0 atom stereocenters. The van der Waals surface area contributed by atoms with Gasteiger partial charge in [-0.1, -0.05) is 12.8 Å². The molecule has 0 spiro atoms. The number of nitrogens with zero attached hydrogens (tertiary/aromatic N) is 5. The zero-order valence-corrected chi connectivity index (χ0v) is 24.6. The van der Waals surface area contributed by atoms with E-state index in [1.165, 1.54) is 12.8 Å². The number of anilines is 3. The molecule has 42 heavy (non-hydrogen) atoms. The Hall–Kier alpha value is -3.80. The Labute approximate surface area is 246 Å². The lowest BCUT2D eigenvalue weighted by Crippen LogP contribution is -2.44. The summed E-state index contributed by atoms with van der Waals surface area (Å²) in [6.45, 7) is 1.25. The molecule has 0 unspecified atom stereocenters. The fourth-order valence-corrected chi connectivity index (χ4v) is 6.49. The molecule has 3 aliphatic rings. The molecule has 3 heterocycles. The van der Waals surface area contributed by atoms with Crippen LogP contribution in [0.1, 0.15) is 70.3 Å². The van der Waals surface area contributed by atoms with E-state index in [2.05, 4.69) is 20.5 Å². The molecule has 5 N–H and O–H groups in total. The first kappa shape index (κ1) is 28.3. The standard InChI is InChI=1S/C30H43N9O3/c1-41-23-11-12-24(25(17-23)42-2)35-30(40)38-15-13-21(14-16-38)33-27-26-28(39(18-32-26)22-5-3-4-6-22)37-29(36-27)34-20-9-7-19(31)8-10-20/h11-12,17-22H,3-10,13-16,31H2,1-2H3,(H,35,40)(H2,33,34,36,37). The average Bonchev–Trinajstić information content (AvgIpc) is 3.69. The third-order valence-electron chi connectivity index (χ3n) is 9.02. The molecule has 6 rings (SSSR count). The number of amides is 2. The second kappa shape index (κ2) is 12.6. The van der Waals surface area contributed by atoms with Crippen LogP contribution < -0.4 is 31.2 Å². The number of carbonyl (C=O) groups is 1. The lowest BCUT2D eigenvalue weighted by molar-refractivity contribution is 0.197. The van der Waals surface area contributed by atoms with Gasteiger partial charge in [0.15, 0.2) is 17.0 Å². The number of methoxy groups -OCH3 is 2. The summed E-state index contributed by atoms with van der Waals surface area (Å²) in [6.07, 6.45) is 12.4. The van der Waals surface area contributed by atoms with Crippen molar-refractivity contribution in [1.29, 1.82) is 0 Å². The molecule has 3 aromatic rings. The monoisotopic (exact) mass is 577 g/mol. The van der Waals surface area contributed by atoms with Gasteiger partial charge in [-0.3, -0.25) is 0 Å². The smallest absolute Gasteiger partial charge is 0.321 e. The predicted octanol–water partition coefficient (Wildman–Crippen LogP) is 4.75. The third kappa shape index (κ3) is 6.18. The third-order valence-corrected chi connectivity index (χ3v) is 9.02. The number of imidazole rings is 1. The molecule has 3 fully saturated rings. The van der Waals surface area contributed by atoms with Crippen molar-refractivity contribution in [3.05, 3.63) is 24.5 Å². The van der Waals surface area contributed by atoms with E-state index < -0.39 is 0 Å². The van der Waals surface area contributed by atoms with Crippen molar-refractivity contribution in [3.63, 3.8) is 0 Å². The van der Waals surface area contributed by atoms with Gasteiger partial charge in [0.1, 0.15) is 11.5 Å². The van der Waals surface area contributed by atoms with Crippen molar-refractivity contribution >= 4 is 34.6 Å². The zero-order valence-electron chi connectivity index (χ0n) is 24.6. The Morgan fingerprint density at radius 2 is 1.67 bits per heavy atom. The Bertz CT molecular complexity index is 1370. The highest BCUT2D eigenvalue weighted by atomic mass is 16.5. The van der Waals surface area contributed by atoms with Gasteiger partial charge in [-0.05, 0) is 63.5 Å². The number of hydrogen-bond donors (Lipinski definition) is 4. The van der Waals surface area contributed by atoms with E-state index in [0.717, 1.165) is 68.3 Å². The fraction of sp³-hybridized carbons (Fsp3) is 0.600. The van der Waals surface area contributed by atoms with Crippen LogP contribution in [-0.2, 0) is 0 Å². The Morgan fingerprint density at radius 1 is 0.929 bits per heavy atom. The van der Waals surface area contributed by atoms with E-state index in [0.29, 0.717) is 54.3 Å². The van der Waals surface area contributed by atoms with Gasteiger partial charge in [-0.15, -0.1) is 0 Å². The van der Waals surface area contributed by atoms with Crippen molar-refractivity contribution in [2.45, 2.75) is 88.4 Å². The van der Waals surface area contributed by atoms with Crippen LogP contribution in [0.25, 0.3) is 11.2 Å². The van der Waals surface area contributed by atoms with Gasteiger partial charge in [0.25, 0.3) is 0 Å². The summed E-state index contributed by atoms with van der Waals surface area (Å²) in [5, 5.41) is 10.3. The molecule has 226 valence electrons. The van der Waals surface area contributed by atoms with Gasteiger partial charge in [0.05, 0.1) is 26.2 Å². The molecule has 1 aliphatic heterocycles. The summed E-state index contributed by atoms with van der Waals surface area (Å²) < 4.78 is 12.9. The van der Waals surface area contributed by atoms with E-state index in [1.807, 2.05) is 11.2 Å². The molecule has 1 aromatic carbocycles. The molecule has 0 radical (unpaired) electrons. The van der Waals surface area contributed by atoms with E-state index >= 15 is 0 Å². The van der Waals surface area contributed by atoms with Crippen molar-refractivity contribution in [1.82, 2.24) is 24.4 Å². The summed E-state index contributed by atoms with van der Waals surface area (Å²) in [5.74, 6) is 2.64. The average molecular weight is 578 g/mol. The highest BCUT2D eigenvalue weighted by molar-refractivity contribution is 5.91. The van der Waals surface area contributed by atoms with E-state index in [9.17, 15) is 4.79 Å². The molecule has 2 saturated carbocycles. The highest BCUT2D eigenvalue weighted by Crippen LogP contribution is 2.34. The van der Waals surface area contributed by atoms with Gasteiger partial charge in [0.2, 0.25) is 5.95 Å². The minimum Gasteiger partial charge on any atom is -0.497 e. The van der Waals surface area contributed by atoms with Crippen LogP contribution in [0.4, 0.5) is 22.2 Å². The Balaban J connectivity index is 1.14. The number of carbonyl (C=O) groups excluding carboxylic acids is 1. The maximum Gasteiger partial charge on any atom is 0.321 e. The number of fused-ring (bicyclic) bond motifs is 1. The largest absolute Gasteiger partial charge is 0.497 e. The van der Waals surface area contributed by atoms with Crippen LogP contribution >= 0.6 is 0 Å². The van der Waals surface area contributed by atoms with Crippen molar-refractivity contribution in [2.24, 2.45) is 5.73 Å². The van der Waals surface area contributed by atoms with E-state index in [1.54, 1.807) is 32.4 Å². The number of likely N-dealkylation sites (tertiary alicyclic amines) is 1. The quantitative estimate of drug-likeness (QED) is 0.298. The van der Waals surface area contributed by atoms with Crippen LogP contribution in [-0.4, -0.2) is 75.9 Å². The fourth-order valence-electron chi connectivity index (χ4n) is 6.49. The number of benzene rings is 1. The van der Waals surface area contributed by atoms with E-state index in [4.69, 9.17) is 30.2 Å². The van der Waals surface area contributed by atoms with Crippen molar-refractivity contribution < 1.29 is 14.3 Å². The maximum absolute atomic E-state index is 13.1. The Kier molecular flexibility index (Phi) is 8.50. The van der Waals surface area contributed by atoms with Crippen LogP contribution in [0.5, 0.6) is 11.5 Å². The minimum absolute atomic E-state index is 0.143. The lowest BCUT2D eigenvalue weighted by atomic mass is 9.92. The SMILES string of the molecule is COc1ccc(NC(=O)N2CCC(Nc3nc(NC4CCC(N)CC4)nc4c3ncn4C3CCCC3)CC2)c(OC)c1. The van der Waals surface area contributed by atoms with Crippen molar-refractivity contribution in [2.75, 3.05) is 43.3 Å². The number of piperidine rings is 1. The van der Waals surface area contributed by atoms with Crippen LogP contribution in [0, 0.1) is 0 Å². The molecule has 12 nitrogen and oxygen atoms in total. The van der Waals surface area contributed by atoms with Crippen LogP contribution in [0.2, 0.25) is 0 Å². The van der Waals surface area contributed by atoms with Crippen LogP contribution in [0.3, 0.4) is 0 Å². The normalized spacial score (nSPS) is 21.8. The summed E-state index contributed by atoms with van der Waals surface area (Å²) in [5.41, 5.74) is 8.45. The number of nitrogens with two attached hydrogens (primary N) is 1. The predicted molar refractivity (Wildman–Crippen MR) is 163 cm³/mol. The van der Waals surface area contributed by atoms with Gasteiger partial charge < -0.3 is 40.6 Å². The summed E-state index contributed by atoms with van der Waals surface area (Å²) in [7, 11) is 3.18. The first-order chi connectivity index (χ1) is 20.5. The molecule has 2 aromatic heterocycles. The molecule has 2 aliphatic carbocycles. The first-order valence-electron chi connectivity index (χ1n) is 15.3. The molecular weight excluding hydrogens is 534 g/mol. The van der Waals surface area contributed by atoms with Gasteiger partial charge >= 0.3 is 6.03 Å². The Morgan fingerprint density at radius 3 is 2.38 bits per heavy atom. The number of aromatic nitrogens is 4. The minimum atomic E-state index is -0.143. The highest BCUT2D eigenvalue weighted by Gasteiger charge is 2.27. The summed E-state index contributed by atoms with van der Waals surface area (Å²) in [6, 6.07) is 6.43. The topological polar surface area (TPSA) is 144 Å². The molecular formula is C30H43N9O3. The number of rotatable bonds is 8. The first-order valence-corrected chi connectivity index (χ1v) is 15.3. The second-order valence-corrected chi connectivity index (χ2v) is 11.8. The van der Waals surface area contributed by atoms with Crippen LogP contribution in [0.15, 0.2) is 24.5 Å². The number of hydrogen-bond acceptors (Lipinski definition) is 9. The second-order valence-electron chi connectivity index (χ2n) is 11.8. The summed E-state index contributed by atoms with van der Waals surface area (Å²) >= 11 is 0. The van der Waals surface area contributed by atoms with Gasteiger partial charge in [-0.25, -0.2) is 9.78 Å². The van der Waals surface area contributed by atoms with Gasteiger partial charge in [0, 0.05) is 43.3 Å².